The van der Waals surface area contributed by atoms with Crippen LogP contribution in [0.25, 0.3) is 0 Å². The first-order valence-electron chi connectivity index (χ1n) is 7.45. The van der Waals surface area contributed by atoms with Crippen LogP contribution in [0.3, 0.4) is 0 Å². The lowest BCUT2D eigenvalue weighted by Crippen LogP contribution is -2.29. The number of esters is 1. The zero-order chi connectivity index (χ0) is 18.4. The van der Waals surface area contributed by atoms with E-state index in [0.717, 1.165) is 0 Å². The molecular formula is C15H18N4O4S2. The molecule has 0 unspecified atom stereocenters. The molecule has 8 nitrogen and oxygen atoms in total. The number of thiazole rings is 1. The maximum Gasteiger partial charge on any atom is 0.311 e. The lowest BCUT2D eigenvalue weighted by Gasteiger charge is -2.10. The van der Waals surface area contributed by atoms with Gasteiger partial charge < -0.3 is 10.1 Å². The highest BCUT2D eigenvalue weighted by atomic mass is 32.2. The van der Waals surface area contributed by atoms with Crippen molar-refractivity contribution < 1.29 is 14.3 Å². The van der Waals surface area contributed by atoms with Gasteiger partial charge in [0.1, 0.15) is 6.54 Å². The first kappa shape index (κ1) is 19.1. The zero-order valence-electron chi connectivity index (χ0n) is 14.1. The summed E-state index contributed by atoms with van der Waals surface area (Å²) in [7, 11) is 0. The average molecular weight is 382 g/mol. The van der Waals surface area contributed by atoms with Gasteiger partial charge in [0, 0.05) is 17.1 Å². The predicted octanol–water partition coefficient (Wildman–Crippen LogP) is 1.47. The van der Waals surface area contributed by atoms with Crippen LogP contribution in [0.4, 0.5) is 5.13 Å². The van der Waals surface area contributed by atoms with Crippen LogP contribution in [0.15, 0.2) is 21.4 Å². The van der Waals surface area contributed by atoms with Crippen molar-refractivity contribution in [1.29, 1.82) is 0 Å². The van der Waals surface area contributed by atoms with Crippen LogP contribution in [-0.2, 0) is 27.3 Å². The van der Waals surface area contributed by atoms with E-state index in [1.807, 2.05) is 0 Å². The number of nitrogens with zero attached hydrogens (tertiary/aromatic N) is 3. The van der Waals surface area contributed by atoms with Gasteiger partial charge in [0.15, 0.2) is 10.3 Å². The number of hydrogen-bond acceptors (Lipinski definition) is 8. The third-order valence-corrected chi connectivity index (χ3v) is 4.50. The van der Waals surface area contributed by atoms with Crippen LogP contribution in [0, 0.1) is 6.92 Å². The van der Waals surface area contributed by atoms with Crippen molar-refractivity contribution >= 4 is 40.1 Å². The van der Waals surface area contributed by atoms with Crippen molar-refractivity contribution in [3.63, 3.8) is 0 Å². The number of anilines is 1. The van der Waals surface area contributed by atoms with Gasteiger partial charge in [-0.15, -0.1) is 11.3 Å². The van der Waals surface area contributed by atoms with E-state index in [1.54, 1.807) is 25.5 Å². The number of aryl methyl sites for hydroxylation is 1. The highest BCUT2D eigenvalue weighted by Crippen LogP contribution is 2.16. The normalized spacial score (nSPS) is 10.5. The smallest absolute Gasteiger partial charge is 0.311 e. The number of rotatable bonds is 7. The molecule has 10 heteroatoms. The third kappa shape index (κ3) is 5.40. The fourth-order valence-electron chi connectivity index (χ4n) is 2.00. The second-order valence-electron chi connectivity index (χ2n) is 4.98. The van der Waals surface area contributed by atoms with Crippen molar-refractivity contribution in [2.24, 2.45) is 0 Å². The molecule has 0 fully saturated rings. The molecule has 2 heterocycles. The number of aromatic nitrogens is 3. The Morgan fingerprint density at radius 1 is 1.40 bits per heavy atom. The molecule has 2 rings (SSSR count). The molecule has 0 spiro atoms. The molecule has 0 aromatic carbocycles. The van der Waals surface area contributed by atoms with Crippen molar-refractivity contribution in [3.05, 3.63) is 33.2 Å². The topological polar surface area (TPSA) is 103 Å². The minimum atomic E-state index is -0.389. The van der Waals surface area contributed by atoms with Gasteiger partial charge in [-0.25, -0.2) is 9.97 Å². The van der Waals surface area contributed by atoms with Crippen LogP contribution in [-0.4, -0.2) is 39.3 Å². The van der Waals surface area contributed by atoms with Crippen molar-refractivity contribution in [2.45, 2.75) is 32.0 Å². The standard InChI is InChI=1S/C15H18N4O4S2/c1-4-23-13(22)6-10-8-25-14(17-10)18-11(20)7-19-12(21)5-9(2)16-15(19)24-3/h5,8H,4,6-7H2,1-3H3,(H,17,18,20). The Balaban J connectivity index is 2.03. The number of hydrogen-bond donors (Lipinski definition) is 1. The molecule has 0 radical (unpaired) electrons. The summed E-state index contributed by atoms with van der Waals surface area (Å²) >= 11 is 2.50. The third-order valence-electron chi connectivity index (χ3n) is 3.01. The Morgan fingerprint density at radius 2 is 2.16 bits per heavy atom. The Labute approximate surface area is 152 Å². The van der Waals surface area contributed by atoms with Gasteiger partial charge in [-0.2, -0.15) is 0 Å². The quantitative estimate of drug-likeness (QED) is 0.439. The first-order chi connectivity index (χ1) is 11.9. The Bertz CT molecular complexity index is 831. The summed E-state index contributed by atoms with van der Waals surface area (Å²) in [6.45, 7) is 3.61. The highest BCUT2D eigenvalue weighted by Gasteiger charge is 2.13. The number of nitrogens with one attached hydrogen (secondary N) is 1. The second kappa shape index (κ2) is 8.77. The van der Waals surface area contributed by atoms with Gasteiger partial charge in [-0.05, 0) is 20.1 Å². The van der Waals surface area contributed by atoms with E-state index in [-0.39, 0.29) is 30.4 Å². The monoisotopic (exact) mass is 382 g/mol. The van der Waals surface area contributed by atoms with Gasteiger partial charge in [0.2, 0.25) is 5.91 Å². The number of carbonyl (C=O) groups excluding carboxylic acids is 2. The van der Waals surface area contributed by atoms with E-state index < -0.39 is 0 Å². The number of carbonyl (C=O) groups is 2. The molecular weight excluding hydrogens is 364 g/mol. The predicted molar refractivity (Wildman–Crippen MR) is 96.1 cm³/mol. The van der Waals surface area contributed by atoms with Crippen LogP contribution in [0.1, 0.15) is 18.3 Å². The summed E-state index contributed by atoms with van der Waals surface area (Å²) in [4.78, 5) is 44.1. The highest BCUT2D eigenvalue weighted by molar-refractivity contribution is 7.98. The summed E-state index contributed by atoms with van der Waals surface area (Å²) in [6.07, 6.45) is 1.84. The first-order valence-corrected chi connectivity index (χ1v) is 9.55. The van der Waals surface area contributed by atoms with Crippen LogP contribution >= 0.6 is 23.1 Å². The number of thioether (sulfide) groups is 1. The van der Waals surface area contributed by atoms with E-state index in [4.69, 9.17) is 4.74 Å². The van der Waals surface area contributed by atoms with Crippen LogP contribution < -0.4 is 10.9 Å². The molecule has 134 valence electrons. The van der Waals surface area contributed by atoms with Crippen molar-refractivity contribution in [3.8, 4) is 0 Å². The van der Waals surface area contributed by atoms with Gasteiger partial charge in [0.25, 0.3) is 5.56 Å². The summed E-state index contributed by atoms with van der Waals surface area (Å²) in [6, 6.07) is 1.38. The molecule has 0 saturated carbocycles. The lowest BCUT2D eigenvalue weighted by molar-refractivity contribution is -0.142. The molecule has 2 aromatic rings. The number of ether oxygens (including phenoxy) is 1. The van der Waals surface area contributed by atoms with Gasteiger partial charge >= 0.3 is 5.97 Å². The minimum Gasteiger partial charge on any atom is -0.466 e. The molecule has 0 atom stereocenters. The average Bonchev–Trinajstić information content (AvgIpc) is 2.96. The SMILES string of the molecule is CCOC(=O)Cc1csc(NC(=O)Cn2c(SC)nc(C)cc2=O)n1. The van der Waals surface area contributed by atoms with E-state index in [1.165, 1.54) is 33.7 Å². The maximum absolute atomic E-state index is 12.2. The van der Waals surface area contributed by atoms with E-state index in [2.05, 4.69) is 15.3 Å². The Kier molecular flexibility index (Phi) is 6.71. The molecule has 0 aliphatic rings. The van der Waals surface area contributed by atoms with Crippen molar-refractivity contribution in [2.75, 3.05) is 18.2 Å². The van der Waals surface area contributed by atoms with Crippen LogP contribution in [0.5, 0.6) is 0 Å². The maximum atomic E-state index is 12.2. The number of amides is 1. The molecule has 25 heavy (non-hydrogen) atoms. The summed E-state index contributed by atoms with van der Waals surface area (Å²) < 4.78 is 6.16. The molecule has 2 aromatic heterocycles. The fraction of sp³-hybridized carbons (Fsp3) is 0.400. The van der Waals surface area contributed by atoms with Gasteiger partial charge in [-0.3, -0.25) is 19.0 Å². The zero-order valence-corrected chi connectivity index (χ0v) is 15.7. The lowest BCUT2D eigenvalue weighted by atomic mass is 10.3. The molecule has 0 bridgehead atoms. The molecule has 1 amide bonds. The van der Waals surface area contributed by atoms with E-state index in [9.17, 15) is 14.4 Å². The Hall–Kier alpha value is -2.20. The largest absolute Gasteiger partial charge is 0.466 e. The summed E-state index contributed by atoms with van der Waals surface area (Å²) in [5.41, 5.74) is 0.849. The summed E-state index contributed by atoms with van der Waals surface area (Å²) in [5.74, 6) is -0.757. The molecule has 0 aliphatic heterocycles. The second-order valence-corrected chi connectivity index (χ2v) is 6.61. The molecule has 1 N–H and O–H groups in total. The van der Waals surface area contributed by atoms with E-state index >= 15 is 0 Å². The van der Waals surface area contributed by atoms with Crippen LogP contribution in [0.2, 0.25) is 0 Å². The fourth-order valence-corrected chi connectivity index (χ4v) is 3.34. The van der Waals surface area contributed by atoms with Crippen molar-refractivity contribution in [1.82, 2.24) is 14.5 Å². The molecule has 0 aliphatic carbocycles. The van der Waals surface area contributed by atoms with Gasteiger partial charge in [0.05, 0.1) is 18.7 Å². The summed E-state index contributed by atoms with van der Waals surface area (Å²) in [5, 5.41) is 5.15. The minimum absolute atomic E-state index is 0.0537. The Morgan fingerprint density at radius 3 is 2.84 bits per heavy atom. The van der Waals surface area contributed by atoms with Gasteiger partial charge in [-0.1, -0.05) is 11.8 Å². The molecule has 0 saturated heterocycles. The van der Waals surface area contributed by atoms with E-state index in [0.29, 0.717) is 28.3 Å².